The molecule has 27 heavy (non-hydrogen) atoms. The lowest BCUT2D eigenvalue weighted by Gasteiger charge is -2.10. The van der Waals surface area contributed by atoms with Crippen molar-refractivity contribution in [2.75, 3.05) is 29.7 Å². The monoisotopic (exact) mass is 370 g/mol. The van der Waals surface area contributed by atoms with Gasteiger partial charge in [0.2, 0.25) is 11.8 Å². The maximum absolute atomic E-state index is 12.1. The summed E-state index contributed by atoms with van der Waals surface area (Å²) in [5, 5.41) is 10.8. The summed E-state index contributed by atoms with van der Waals surface area (Å²) in [5.41, 5.74) is 2.60. The van der Waals surface area contributed by atoms with E-state index >= 15 is 0 Å². The summed E-state index contributed by atoms with van der Waals surface area (Å²) in [6.07, 6.45) is 0. The fourth-order valence-electron chi connectivity index (χ4n) is 2.32. The van der Waals surface area contributed by atoms with Gasteiger partial charge in [0.1, 0.15) is 6.61 Å². The molecule has 0 aliphatic rings. The quantitative estimate of drug-likeness (QED) is 0.600. The molecule has 0 bridgehead atoms. The van der Waals surface area contributed by atoms with Crippen LogP contribution in [-0.2, 0) is 20.9 Å². The number of benzene rings is 2. The first-order valence-corrected chi connectivity index (χ1v) is 8.26. The first-order valence-electron chi connectivity index (χ1n) is 8.26. The number of hydrogen-bond acceptors (Lipinski definition) is 4. The number of carbonyl (C=O) groups excluding carboxylic acids is 3. The molecule has 2 aromatic carbocycles. The van der Waals surface area contributed by atoms with E-state index in [0.717, 1.165) is 5.56 Å². The van der Waals surface area contributed by atoms with Gasteiger partial charge in [0.05, 0.1) is 0 Å². The topological polar surface area (TPSA) is 109 Å². The highest BCUT2D eigenvalue weighted by Gasteiger charge is 2.05. The average molecular weight is 370 g/mol. The predicted molar refractivity (Wildman–Crippen MR) is 104 cm³/mol. The van der Waals surface area contributed by atoms with E-state index in [2.05, 4.69) is 21.3 Å². The largest absolute Gasteiger partial charge is 0.375 e. The van der Waals surface area contributed by atoms with Crippen molar-refractivity contribution in [3.8, 4) is 0 Å². The minimum atomic E-state index is -0.389. The van der Waals surface area contributed by atoms with Crippen LogP contribution in [0.2, 0.25) is 0 Å². The normalized spacial score (nSPS) is 10.0. The Labute approximate surface area is 157 Å². The molecule has 8 heteroatoms. The Balaban J connectivity index is 1.89. The first-order chi connectivity index (χ1) is 13.0. The van der Waals surface area contributed by atoms with Crippen LogP contribution in [0.4, 0.5) is 21.9 Å². The summed E-state index contributed by atoms with van der Waals surface area (Å²) in [6, 6.07) is 13.6. The van der Waals surface area contributed by atoms with Crippen molar-refractivity contribution in [3.05, 3.63) is 54.1 Å². The molecule has 0 saturated heterocycles. The lowest BCUT2D eigenvalue weighted by atomic mass is 10.2. The number of methoxy groups -OCH3 is 1. The van der Waals surface area contributed by atoms with Gasteiger partial charge < -0.3 is 26.0 Å². The maximum Gasteiger partial charge on any atom is 0.319 e. The van der Waals surface area contributed by atoms with Crippen LogP contribution in [0.1, 0.15) is 12.5 Å². The van der Waals surface area contributed by atoms with E-state index in [1.165, 1.54) is 14.0 Å². The van der Waals surface area contributed by atoms with E-state index < -0.39 is 0 Å². The Morgan fingerprint density at radius 2 is 1.52 bits per heavy atom. The third-order valence-corrected chi connectivity index (χ3v) is 3.38. The zero-order valence-electron chi connectivity index (χ0n) is 15.2. The van der Waals surface area contributed by atoms with Crippen molar-refractivity contribution < 1.29 is 19.1 Å². The van der Waals surface area contributed by atoms with E-state index in [1.807, 2.05) is 6.07 Å². The van der Waals surface area contributed by atoms with Crippen LogP contribution >= 0.6 is 0 Å². The van der Waals surface area contributed by atoms with Crippen molar-refractivity contribution in [1.29, 1.82) is 0 Å². The lowest BCUT2D eigenvalue weighted by molar-refractivity contribution is -0.119. The molecule has 8 nitrogen and oxygen atoms in total. The second kappa shape index (κ2) is 9.93. The highest BCUT2D eigenvalue weighted by atomic mass is 16.5. The molecule has 0 aromatic heterocycles. The van der Waals surface area contributed by atoms with Crippen LogP contribution < -0.4 is 21.3 Å². The fraction of sp³-hybridized carbons (Fsp3) is 0.211. The molecule has 0 unspecified atom stereocenters. The Hall–Kier alpha value is -3.39. The standard InChI is InChI=1S/C19H22N4O4/c1-13(24)21-15-6-3-5-14(9-15)11-20-19(26)23-17-8-4-7-16(10-17)22-18(25)12-27-2/h3-10H,11-12H2,1-2H3,(H,21,24)(H,22,25)(H2,20,23,26). The molecule has 0 heterocycles. The number of nitrogens with one attached hydrogen (secondary N) is 4. The van der Waals surface area contributed by atoms with Gasteiger partial charge in [0.25, 0.3) is 0 Å². The number of urea groups is 1. The molecule has 2 rings (SSSR count). The van der Waals surface area contributed by atoms with Gasteiger partial charge in [0, 0.05) is 37.6 Å². The molecule has 0 atom stereocenters. The molecular weight excluding hydrogens is 348 g/mol. The minimum Gasteiger partial charge on any atom is -0.375 e. The van der Waals surface area contributed by atoms with Gasteiger partial charge in [-0.05, 0) is 35.9 Å². The van der Waals surface area contributed by atoms with Crippen LogP contribution in [-0.4, -0.2) is 31.6 Å². The van der Waals surface area contributed by atoms with E-state index in [9.17, 15) is 14.4 Å². The van der Waals surface area contributed by atoms with Gasteiger partial charge in [0.15, 0.2) is 0 Å². The fourth-order valence-corrected chi connectivity index (χ4v) is 2.32. The zero-order chi connectivity index (χ0) is 19.6. The van der Waals surface area contributed by atoms with Crippen molar-refractivity contribution in [3.63, 3.8) is 0 Å². The Bertz CT molecular complexity index is 823. The molecule has 2 aromatic rings. The zero-order valence-corrected chi connectivity index (χ0v) is 15.2. The van der Waals surface area contributed by atoms with Gasteiger partial charge in [-0.15, -0.1) is 0 Å². The van der Waals surface area contributed by atoms with Crippen molar-refractivity contribution in [2.45, 2.75) is 13.5 Å². The second-order valence-corrected chi connectivity index (χ2v) is 5.75. The molecule has 0 aliphatic heterocycles. The third-order valence-electron chi connectivity index (χ3n) is 3.38. The number of amides is 4. The lowest BCUT2D eigenvalue weighted by Crippen LogP contribution is -2.28. The van der Waals surface area contributed by atoms with Crippen molar-refractivity contribution in [1.82, 2.24) is 5.32 Å². The molecule has 0 saturated carbocycles. The van der Waals surface area contributed by atoms with Crippen LogP contribution in [0, 0.1) is 0 Å². The molecule has 4 amide bonds. The molecule has 0 aliphatic carbocycles. The summed E-state index contributed by atoms with van der Waals surface area (Å²) in [4.78, 5) is 34.7. The van der Waals surface area contributed by atoms with Crippen LogP contribution in [0.15, 0.2) is 48.5 Å². The number of ether oxygens (including phenoxy) is 1. The minimum absolute atomic E-state index is 0.0459. The number of hydrogen-bond donors (Lipinski definition) is 4. The van der Waals surface area contributed by atoms with E-state index in [0.29, 0.717) is 23.6 Å². The molecule has 0 radical (unpaired) electrons. The van der Waals surface area contributed by atoms with Gasteiger partial charge >= 0.3 is 6.03 Å². The van der Waals surface area contributed by atoms with Crippen molar-refractivity contribution >= 4 is 34.9 Å². The summed E-state index contributed by atoms with van der Waals surface area (Å²) in [7, 11) is 1.44. The third kappa shape index (κ3) is 7.17. The number of anilines is 3. The highest BCUT2D eigenvalue weighted by Crippen LogP contribution is 2.15. The molecule has 142 valence electrons. The average Bonchev–Trinajstić information content (AvgIpc) is 2.60. The Morgan fingerprint density at radius 1 is 0.889 bits per heavy atom. The Morgan fingerprint density at radius 3 is 2.19 bits per heavy atom. The first kappa shape index (κ1) is 19.9. The summed E-state index contributed by atoms with van der Waals surface area (Å²) in [6.45, 7) is 1.68. The van der Waals surface area contributed by atoms with Gasteiger partial charge in [-0.1, -0.05) is 18.2 Å². The summed E-state index contributed by atoms with van der Waals surface area (Å²) >= 11 is 0. The number of rotatable bonds is 7. The van der Waals surface area contributed by atoms with E-state index in [1.54, 1.807) is 42.5 Å². The molecule has 0 fully saturated rings. The van der Waals surface area contributed by atoms with E-state index in [-0.39, 0.29) is 24.5 Å². The highest BCUT2D eigenvalue weighted by molar-refractivity contribution is 5.94. The van der Waals surface area contributed by atoms with Gasteiger partial charge in [-0.25, -0.2) is 4.79 Å². The van der Waals surface area contributed by atoms with Crippen LogP contribution in [0.3, 0.4) is 0 Å². The maximum atomic E-state index is 12.1. The summed E-state index contributed by atoms with van der Waals surface area (Å²) < 4.78 is 4.76. The van der Waals surface area contributed by atoms with Crippen LogP contribution in [0.25, 0.3) is 0 Å². The SMILES string of the molecule is COCC(=O)Nc1cccc(NC(=O)NCc2cccc(NC(C)=O)c2)c1. The van der Waals surface area contributed by atoms with Crippen LogP contribution in [0.5, 0.6) is 0 Å². The summed E-state index contributed by atoms with van der Waals surface area (Å²) in [5.74, 6) is -0.437. The number of carbonyl (C=O) groups is 3. The van der Waals surface area contributed by atoms with Gasteiger partial charge in [-0.2, -0.15) is 0 Å². The molecule has 4 N–H and O–H groups in total. The van der Waals surface area contributed by atoms with E-state index in [4.69, 9.17) is 4.74 Å². The molecular formula is C19H22N4O4. The molecule has 0 spiro atoms. The Kier molecular flexibility index (Phi) is 7.33. The predicted octanol–water partition coefficient (Wildman–Crippen LogP) is 2.55. The van der Waals surface area contributed by atoms with Crippen molar-refractivity contribution in [2.24, 2.45) is 0 Å². The second-order valence-electron chi connectivity index (χ2n) is 5.75. The smallest absolute Gasteiger partial charge is 0.319 e. The van der Waals surface area contributed by atoms with Gasteiger partial charge in [-0.3, -0.25) is 9.59 Å².